The lowest BCUT2D eigenvalue weighted by molar-refractivity contribution is 0.0580. The first-order valence-electron chi connectivity index (χ1n) is 5.37. The van der Waals surface area contributed by atoms with Crippen molar-refractivity contribution in [3.8, 4) is 0 Å². The Labute approximate surface area is 89.2 Å². The van der Waals surface area contributed by atoms with E-state index in [0.29, 0.717) is 11.5 Å². The molecule has 0 saturated carbocycles. The van der Waals surface area contributed by atoms with Crippen LogP contribution in [-0.4, -0.2) is 13.2 Å². The summed E-state index contributed by atoms with van der Waals surface area (Å²) < 4.78 is 18.8. The Kier molecular flexibility index (Phi) is 3.34. The molecule has 0 aromatic heterocycles. The molecule has 1 aliphatic heterocycles. The fraction of sp³-hybridized carbons (Fsp3) is 0.500. The molecular formula is C12H16FNO. The van der Waals surface area contributed by atoms with Crippen molar-refractivity contribution in [1.29, 1.82) is 0 Å². The molecule has 1 aliphatic rings. The number of hydrogen-bond donors (Lipinski definition) is 1. The van der Waals surface area contributed by atoms with Crippen molar-refractivity contribution in [2.45, 2.75) is 18.9 Å². The normalized spacial score (nSPS) is 20.1. The summed E-state index contributed by atoms with van der Waals surface area (Å²) in [6, 6.07) is 6.56. The van der Waals surface area contributed by atoms with Gasteiger partial charge in [-0.05, 0) is 24.8 Å². The second kappa shape index (κ2) is 4.73. The standard InChI is InChI=1S/C12H16FNO/c13-11-4-2-1-3-10(11)12(14)9-5-7-15-8-6-9/h1-4,9,12H,5-8,14H2/t12-/m0/s1. The summed E-state index contributed by atoms with van der Waals surface area (Å²) in [7, 11) is 0. The van der Waals surface area contributed by atoms with Crippen LogP contribution >= 0.6 is 0 Å². The summed E-state index contributed by atoms with van der Waals surface area (Å²) in [5.74, 6) is 0.146. The molecule has 1 atom stereocenters. The van der Waals surface area contributed by atoms with Crippen molar-refractivity contribution in [2.75, 3.05) is 13.2 Å². The third-order valence-corrected chi connectivity index (χ3v) is 3.04. The van der Waals surface area contributed by atoms with Crippen molar-refractivity contribution < 1.29 is 9.13 Å². The minimum atomic E-state index is -0.199. The molecule has 2 nitrogen and oxygen atoms in total. The third-order valence-electron chi connectivity index (χ3n) is 3.04. The lowest BCUT2D eigenvalue weighted by atomic mass is 9.87. The molecule has 82 valence electrons. The highest BCUT2D eigenvalue weighted by Crippen LogP contribution is 2.29. The Morgan fingerprint density at radius 2 is 1.93 bits per heavy atom. The Morgan fingerprint density at radius 3 is 2.60 bits per heavy atom. The van der Waals surface area contributed by atoms with E-state index in [1.165, 1.54) is 6.07 Å². The fourth-order valence-corrected chi connectivity index (χ4v) is 2.07. The molecule has 1 fully saturated rings. The van der Waals surface area contributed by atoms with E-state index in [1.54, 1.807) is 12.1 Å². The summed E-state index contributed by atoms with van der Waals surface area (Å²) >= 11 is 0. The van der Waals surface area contributed by atoms with E-state index in [1.807, 2.05) is 6.07 Å². The van der Waals surface area contributed by atoms with Gasteiger partial charge < -0.3 is 10.5 Å². The van der Waals surface area contributed by atoms with Gasteiger partial charge in [0.05, 0.1) is 0 Å². The van der Waals surface area contributed by atoms with Crippen LogP contribution in [0, 0.1) is 11.7 Å². The van der Waals surface area contributed by atoms with Crippen molar-refractivity contribution in [2.24, 2.45) is 11.7 Å². The molecule has 0 spiro atoms. The van der Waals surface area contributed by atoms with Gasteiger partial charge in [-0.25, -0.2) is 4.39 Å². The number of benzene rings is 1. The van der Waals surface area contributed by atoms with Crippen LogP contribution in [0.5, 0.6) is 0 Å². The zero-order chi connectivity index (χ0) is 10.7. The van der Waals surface area contributed by atoms with E-state index in [-0.39, 0.29) is 11.9 Å². The largest absolute Gasteiger partial charge is 0.381 e. The maximum atomic E-state index is 13.5. The molecule has 1 heterocycles. The molecule has 2 N–H and O–H groups in total. The van der Waals surface area contributed by atoms with Gasteiger partial charge in [-0.15, -0.1) is 0 Å². The first kappa shape index (κ1) is 10.6. The monoisotopic (exact) mass is 209 g/mol. The van der Waals surface area contributed by atoms with Gasteiger partial charge >= 0.3 is 0 Å². The quantitative estimate of drug-likeness (QED) is 0.810. The Morgan fingerprint density at radius 1 is 1.27 bits per heavy atom. The predicted molar refractivity (Wildman–Crippen MR) is 56.9 cm³/mol. The predicted octanol–water partition coefficient (Wildman–Crippen LogP) is 2.25. The summed E-state index contributed by atoms with van der Waals surface area (Å²) in [5, 5.41) is 0. The van der Waals surface area contributed by atoms with Crippen molar-refractivity contribution in [3.63, 3.8) is 0 Å². The van der Waals surface area contributed by atoms with Gasteiger partial charge in [0.2, 0.25) is 0 Å². The minimum absolute atomic E-state index is 0.198. The lowest BCUT2D eigenvalue weighted by Gasteiger charge is -2.28. The van der Waals surface area contributed by atoms with Crippen LogP contribution in [0.25, 0.3) is 0 Å². The third kappa shape index (κ3) is 2.36. The van der Waals surface area contributed by atoms with E-state index >= 15 is 0 Å². The van der Waals surface area contributed by atoms with Crippen molar-refractivity contribution in [3.05, 3.63) is 35.6 Å². The average Bonchev–Trinajstić information content (AvgIpc) is 2.30. The van der Waals surface area contributed by atoms with Gasteiger partial charge in [0.15, 0.2) is 0 Å². The second-order valence-corrected chi connectivity index (χ2v) is 4.00. The van der Waals surface area contributed by atoms with Gasteiger partial charge in [0.25, 0.3) is 0 Å². The molecule has 2 rings (SSSR count). The van der Waals surface area contributed by atoms with Crippen LogP contribution in [-0.2, 0) is 4.74 Å². The van der Waals surface area contributed by atoms with Crippen LogP contribution in [0.1, 0.15) is 24.4 Å². The molecule has 3 heteroatoms. The van der Waals surface area contributed by atoms with Crippen LogP contribution < -0.4 is 5.73 Å². The van der Waals surface area contributed by atoms with Gasteiger partial charge in [0, 0.05) is 24.8 Å². The molecule has 0 unspecified atom stereocenters. The Balaban J connectivity index is 2.12. The molecule has 0 aliphatic carbocycles. The van der Waals surface area contributed by atoms with Crippen LogP contribution in [0.4, 0.5) is 4.39 Å². The number of ether oxygens (including phenoxy) is 1. The zero-order valence-corrected chi connectivity index (χ0v) is 8.66. The topological polar surface area (TPSA) is 35.2 Å². The SMILES string of the molecule is N[C@H](c1ccccc1F)C1CCOCC1. The molecule has 1 aromatic rings. The number of halogens is 1. The van der Waals surface area contributed by atoms with E-state index in [9.17, 15) is 4.39 Å². The summed E-state index contributed by atoms with van der Waals surface area (Å²) in [5.41, 5.74) is 6.70. The summed E-state index contributed by atoms with van der Waals surface area (Å²) in [6.45, 7) is 1.49. The molecule has 0 radical (unpaired) electrons. The molecular weight excluding hydrogens is 193 g/mol. The Hall–Kier alpha value is -0.930. The number of hydrogen-bond acceptors (Lipinski definition) is 2. The highest BCUT2D eigenvalue weighted by Gasteiger charge is 2.23. The van der Waals surface area contributed by atoms with Crippen LogP contribution in [0.3, 0.4) is 0 Å². The van der Waals surface area contributed by atoms with Gasteiger partial charge in [-0.2, -0.15) is 0 Å². The van der Waals surface area contributed by atoms with Crippen molar-refractivity contribution in [1.82, 2.24) is 0 Å². The van der Waals surface area contributed by atoms with Gasteiger partial charge in [-0.1, -0.05) is 18.2 Å². The lowest BCUT2D eigenvalue weighted by Crippen LogP contribution is -2.28. The fourth-order valence-electron chi connectivity index (χ4n) is 2.07. The van der Waals surface area contributed by atoms with Gasteiger partial charge in [-0.3, -0.25) is 0 Å². The maximum Gasteiger partial charge on any atom is 0.127 e. The molecule has 0 amide bonds. The molecule has 15 heavy (non-hydrogen) atoms. The minimum Gasteiger partial charge on any atom is -0.381 e. The molecule has 0 bridgehead atoms. The van der Waals surface area contributed by atoms with Crippen LogP contribution in [0.2, 0.25) is 0 Å². The van der Waals surface area contributed by atoms with Crippen LogP contribution in [0.15, 0.2) is 24.3 Å². The maximum absolute atomic E-state index is 13.5. The number of nitrogens with two attached hydrogens (primary N) is 1. The molecule has 1 saturated heterocycles. The molecule has 1 aromatic carbocycles. The highest BCUT2D eigenvalue weighted by molar-refractivity contribution is 5.21. The van der Waals surface area contributed by atoms with E-state index in [0.717, 1.165) is 26.1 Å². The average molecular weight is 209 g/mol. The van der Waals surface area contributed by atoms with Gasteiger partial charge in [0.1, 0.15) is 5.82 Å². The summed E-state index contributed by atoms with van der Waals surface area (Å²) in [4.78, 5) is 0. The highest BCUT2D eigenvalue weighted by atomic mass is 19.1. The number of rotatable bonds is 2. The smallest absolute Gasteiger partial charge is 0.127 e. The summed E-state index contributed by atoms with van der Waals surface area (Å²) in [6.07, 6.45) is 1.85. The van der Waals surface area contributed by atoms with E-state index < -0.39 is 0 Å². The second-order valence-electron chi connectivity index (χ2n) is 4.00. The first-order valence-corrected chi connectivity index (χ1v) is 5.37. The first-order chi connectivity index (χ1) is 7.29. The van der Waals surface area contributed by atoms with Crippen molar-refractivity contribution >= 4 is 0 Å². The Bertz CT molecular complexity index is 323. The van der Waals surface area contributed by atoms with E-state index in [4.69, 9.17) is 10.5 Å². The zero-order valence-electron chi connectivity index (χ0n) is 8.66. The van der Waals surface area contributed by atoms with E-state index in [2.05, 4.69) is 0 Å².